The van der Waals surface area contributed by atoms with Crippen molar-refractivity contribution in [3.8, 4) is 0 Å². The number of carbonyl (C=O) groups excluding carboxylic acids is 1. The highest BCUT2D eigenvalue weighted by Crippen LogP contribution is 2.24. The minimum Gasteiger partial charge on any atom is -0.368 e. The number of aryl methyl sites for hydroxylation is 2. The summed E-state index contributed by atoms with van der Waals surface area (Å²) in [5, 5.41) is 4.10. The van der Waals surface area contributed by atoms with Gasteiger partial charge in [-0.2, -0.15) is 5.10 Å². The number of benzene rings is 1. The molecular weight excluding hydrogens is 352 g/mol. The van der Waals surface area contributed by atoms with Gasteiger partial charge in [0.05, 0.1) is 30.6 Å². The van der Waals surface area contributed by atoms with Gasteiger partial charge in [0, 0.05) is 25.5 Å². The molecule has 1 aliphatic heterocycles. The Labute approximate surface area is 164 Å². The second kappa shape index (κ2) is 7.94. The Bertz CT molecular complexity index is 968. The lowest BCUT2D eigenvalue weighted by molar-refractivity contribution is -0.0248. The van der Waals surface area contributed by atoms with Crippen LogP contribution in [0.1, 0.15) is 39.0 Å². The van der Waals surface area contributed by atoms with Gasteiger partial charge in [-0.05, 0) is 36.6 Å². The molecule has 0 N–H and O–H groups in total. The first kappa shape index (κ1) is 18.4. The number of nitrogens with zero attached hydrogens (tertiary/aromatic N) is 4. The topological polar surface area (TPSA) is 60.2 Å². The van der Waals surface area contributed by atoms with Crippen LogP contribution in [0.3, 0.4) is 0 Å². The predicted octanol–water partition coefficient (Wildman–Crippen LogP) is 2.93. The molecule has 1 aliphatic rings. The van der Waals surface area contributed by atoms with Crippen LogP contribution in [0.25, 0.3) is 0 Å². The van der Waals surface area contributed by atoms with Crippen molar-refractivity contribution in [1.29, 1.82) is 0 Å². The molecule has 2 aromatic heterocycles. The van der Waals surface area contributed by atoms with Crippen molar-refractivity contribution in [1.82, 2.24) is 19.7 Å². The predicted molar refractivity (Wildman–Crippen MR) is 106 cm³/mol. The molecule has 1 amide bonds. The summed E-state index contributed by atoms with van der Waals surface area (Å²) in [5.74, 6) is -0.0152. The lowest BCUT2D eigenvalue weighted by atomic mass is 10.0. The van der Waals surface area contributed by atoms with Crippen LogP contribution in [0.5, 0.6) is 0 Å². The monoisotopic (exact) mass is 376 g/mol. The molecular formula is C22H24N4O2. The van der Waals surface area contributed by atoms with Crippen LogP contribution in [0.2, 0.25) is 0 Å². The number of aromatic nitrogens is 3. The zero-order valence-electron chi connectivity index (χ0n) is 16.2. The van der Waals surface area contributed by atoms with E-state index in [1.54, 1.807) is 17.1 Å². The fourth-order valence-electron chi connectivity index (χ4n) is 3.59. The maximum absolute atomic E-state index is 12.8. The zero-order valence-corrected chi connectivity index (χ0v) is 16.2. The van der Waals surface area contributed by atoms with Gasteiger partial charge in [-0.25, -0.2) is 0 Å². The SMILES string of the molecule is Cc1cc(Cc2ccccc2)cc(C2CN(C(=O)c3cnn(C)c3)CCO2)n1. The summed E-state index contributed by atoms with van der Waals surface area (Å²) < 4.78 is 7.61. The summed E-state index contributed by atoms with van der Waals surface area (Å²) >= 11 is 0. The quantitative estimate of drug-likeness (QED) is 0.702. The Morgan fingerprint density at radius 2 is 2.04 bits per heavy atom. The largest absolute Gasteiger partial charge is 0.368 e. The molecule has 1 atom stereocenters. The van der Waals surface area contributed by atoms with Gasteiger partial charge in [0.1, 0.15) is 6.10 Å². The van der Waals surface area contributed by atoms with Crippen molar-refractivity contribution < 1.29 is 9.53 Å². The van der Waals surface area contributed by atoms with Crippen molar-refractivity contribution in [3.63, 3.8) is 0 Å². The summed E-state index contributed by atoms with van der Waals surface area (Å²) in [6.07, 6.45) is 3.98. The zero-order chi connectivity index (χ0) is 19.5. The molecule has 6 nitrogen and oxygen atoms in total. The summed E-state index contributed by atoms with van der Waals surface area (Å²) in [6.45, 7) is 3.57. The number of carbonyl (C=O) groups is 1. The van der Waals surface area contributed by atoms with Gasteiger partial charge in [0.25, 0.3) is 5.91 Å². The Hall–Kier alpha value is -2.99. The van der Waals surface area contributed by atoms with E-state index in [1.165, 1.54) is 11.1 Å². The molecule has 3 heterocycles. The average Bonchev–Trinajstić information content (AvgIpc) is 3.14. The normalized spacial score (nSPS) is 16.9. The molecule has 1 fully saturated rings. The van der Waals surface area contributed by atoms with E-state index in [0.29, 0.717) is 25.3 Å². The third-order valence-corrected chi connectivity index (χ3v) is 4.92. The minimum absolute atomic E-state index is 0.0152. The van der Waals surface area contributed by atoms with E-state index in [0.717, 1.165) is 17.8 Å². The highest BCUT2D eigenvalue weighted by molar-refractivity contribution is 5.93. The van der Waals surface area contributed by atoms with Crippen molar-refractivity contribution in [3.05, 3.63) is 82.9 Å². The van der Waals surface area contributed by atoms with Crippen LogP contribution in [-0.4, -0.2) is 45.3 Å². The van der Waals surface area contributed by atoms with Gasteiger partial charge >= 0.3 is 0 Å². The Morgan fingerprint density at radius 1 is 1.21 bits per heavy atom. The van der Waals surface area contributed by atoms with E-state index in [-0.39, 0.29) is 12.0 Å². The summed E-state index contributed by atoms with van der Waals surface area (Å²) in [6, 6.07) is 14.6. The molecule has 1 aromatic carbocycles. The van der Waals surface area contributed by atoms with Crippen LogP contribution in [0, 0.1) is 6.92 Å². The summed E-state index contributed by atoms with van der Waals surface area (Å²) in [7, 11) is 1.81. The van der Waals surface area contributed by atoms with Gasteiger partial charge in [-0.1, -0.05) is 30.3 Å². The first-order chi connectivity index (χ1) is 13.6. The smallest absolute Gasteiger partial charge is 0.257 e. The number of amides is 1. The fraction of sp³-hybridized carbons (Fsp3) is 0.318. The van der Waals surface area contributed by atoms with Gasteiger partial charge in [-0.3, -0.25) is 14.5 Å². The van der Waals surface area contributed by atoms with Crippen LogP contribution in [0.4, 0.5) is 0 Å². The molecule has 0 saturated carbocycles. The second-order valence-electron chi connectivity index (χ2n) is 7.22. The van der Waals surface area contributed by atoms with E-state index in [4.69, 9.17) is 9.72 Å². The lowest BCUT2D eigenvalue weighted by Crippen LogP contribution is -2.42. The number of rotatable bonds is 4. The molecule has 6 heteroatoms. The number of pyridine rings is 1. The van der Waals surface area contributed by atoms with Crippen molar-refractivity contribution >= 4 is 5.91 Å². The van der Waals surface area contributed by atoms with Crippen LogP contribution in [-0.2, 0) is 18.2 Å². The summed E-state index contributed by atoms with van der Waals surface area (Å²) in [4.78, 5) is 19.3. The Kier molecular flexibility index (Phi) is 5.21. The molecule has 1 unspecified atom stereocenters. The average molecular weight is 376 g/mol. The van der Waals surface area contributed by atoms with E-state index < -0.39 is 0 Å². The third-order valence-electron chi connectivity index (χ3n) is 4.92. The first-order valence-corrected chi connectivity index (χ1v) is 9.49. The Morgan fingerprint density at radius 3 is 2.79 bits per heavy atom. The lowest BCUT2D eigenvalue weighted by Gasteiger charge is -2.32. The summed E-state index contributed by atoms with van der Waals surface area (Å²) in [5.41, 5.74) is 4.91. The molecule has 3 aromatic rings. The van der Waals surface area contributed by atoms with Crippen LogP contribution >= 0.6 is 0 Å². The van der Waals surface area contributed by atoms with Crippen molar-refractivity contribution in [2.45, 2.75) is 19.4 Å². The number of ether oxygens (including phenoxy) is 1. The van der Waals surface area contributed by atoms with E-state index >= 15 is 0 Å². The van der Waals surface area contributed by atoms with E-state index in [2.05, 4.69) is 41.5 Å². The van der Waals surface area contributed by atoms with Crippen molar-refractivity contribution in [2.24, 2.45) is 7.05 Å². The molecule has 28 heavy (non-hydrogen) atoms. The fourth-order valence-corrected chi connectivity index (χ4v) is 3.59. The van der Waals surface area contributed by atoms with Gasteiger partial charge in [0.15, 0.2) is 0 Å². The molecule has 0 radical (unpaired) electrons. The molecule has 0 spiro atoms. The molecule has 0 bridgehead atoms. The Balaban J connectivity index is 1.52. The highest BCUT2D eigenvalue weighted by Gasteiger charge is 2.28. The first-order valence-electron chi connectivity index (χ1n) is 9.49. The second-order valence-corrected chi connectivity index (χ2v) is 7.22. The van der Waals surface area contributed by atoms with Crippen LogP contribution < -0.4 is 0 Å². The van der Waals surface area contributed by atoms with E-state index in [9.17, 15) is 4.79 Å². The molecule has 144 valence electrons. The van der Waals surface area contributed by atoms with Gasteiger partial charge in [0.2, 0.25) is 0 Å². The highest BCUT2D eigenvalue weighted by atomic mass is 16.5. The third kappa shape index (κ3) is 4.12. The molecule has 1 saturated heterocycles. The van der Waals surface area contributed by atoms with Gasteiger partial charge < -0.3 is 9.64 Å². The number of hydrogen-bond acceptors (Lipinski definition) is 4. The number of hydrogen-bond donors (Lipinski definition) is 0. The van der Waals surface area contributed by atoms with Crippen molar-refractivity contribution in [2.75, 3.05) is 19.7 Å². The molecule has 0 aliphatic carbocycles. The van der Waals surface area contributed by atoms with E-state index in [1.807, 2.05) is 24.9 Å². The van der Waals surface area contributed by atoms with Gasteiger partial charge in [-0.15, -0.1) is 0 Å². The minimum atomic E-state index is -0.219. The maximum atomic E-state index is 12.8. The van der Waals surface area contributed by atoms with Crippen LogP contribution in [0.15, 0.2) is 54.9 Å². The standard InChI is InChI=1S/C22H24N4O2/c1-16-10-18(11-17-6-4-3-5-7-17)12-20(24-16)21-15-26(8-9-28-21)22(27)19-13-23-25(2)14-19/h3-7,10,12-14,21H,8-9,11,15H2,1-2H3. The number of morpholine rings is 1. The molecule has 4 rings (SSSR count). The maximum Gasteiger partial charge on any atom is 0.257 e.